The van der Waals surface area contributed by atoms with Crippen LogP contribution < -0.4 is 24.8 Å². The van der Waals surface area contributed by atoms with Crippen LogP contribution in [0.2, 0.25) is 0 Å². The third kappa shape index (κ3) is 10.2. The summed E-state index contributed by atoms with van der Waals surface area (Å²) in [6.45, 7) is 18.0. The molecule has 7 heteroatoms. The van der Waals surface area contributed by atoms with Crippen molar-refractivity contribution in [2.75, 3.05) is 26.9 Å². The SMILES string of the molecule is CC.CC=CN/C=C\C.CCCOc1ccc(C(=O)NCC(C)c2cc3c(c(-c4ccc(C)cc4)n2)OCC3C)cc1OC. The molecule has 2 aromatic carbocycles. The zero-order valence-corrected chi connectivity index (χ0v) is 28.0. The maximum absolute atomic E-state index is 12.9. The van der Waals surface area contributed by atoms with Crippen molar-refractivity contribution in [1.29, 1.82) is 0 Å². The van der Waals surface area contributed by atoms with Gasteiger partial charge in [-0.1, -0.05) is 76.6 Å². The predicted molar refractivity (Wildman–Crippen MR) is 182 cm³/mol. The van der Waals surface area contributed by atoms with Gasteiger partial charge in [-0.2, -0.15) is 0 Å². The molecule has 44 heavy (non-hydrogen) atoms. The number of ether oxygens (including phenoxy) is 3. The van der Waals surface area contributed by atoms with Gasteiger partial charge in [-0.15, -0.1) is 0 Å². The lowest BCUT2D eigenvalue weighted by Gasteiger charge is -2.17. The van der Waals surface area contributed by atoms with Crippen LogP contribution in [0, 0.1) is 6.92 Å². The number of aryl methyl sites for hydroxylation is 1. The highest BCUT2D eigenvalue weighted by Crippen LogP contribution is 2.42. The fourth-order valence-electron chi connectivity index (χ4n) is 4.39. The van der Waals surface area contributed by atoms with Crippen LogP contribution in [-0.2, 0) is 0 Å². The lowest BCUT2D eigenvalue weighted by Crippen LogP contribution is -2.28. The molecule has 0 radical (unpaired) electrons. The second-order valence-electron chi connectivity index (χ2n) is 10.4. The molecule has 0 saturated carbocycles. The van der Waals surface area contributed by atoms with Gasteiger partial charge in [-0.25, -0.2) is 4.98 Å². The molecule has 1 aromatic heterocycles. The van der Waals surface area contributed by atoms with Gasteiger partial charge in [-0.3, -0.25) is 4.79 Å². The average molecular weight is 602 g/mol. The van der Waals surface area contributed by atoms with E-state index in [-0.39, 0.29) is 11.8 Å². The van der Waals surface area contributed by atoms with Crippen LogP contribution in [0.3, 0.4) is 0 Å². The van der Waals surface area contributed by atoms with Crippen molar-refractivity contribution in [3.05, 3.63) is 95.5 Å². The molecule has 238 valence electrons. The largest absolute Gasteiger partial charge is 0.493 e. The first kappa shape index (κ1) is 35.9. The molecule has 2 N–H and O–H groups in total. The minimum absolute atomic E-state index is 0.0234. The van der Waals surface area contributed by atoms with Gasteiger partial charge in [0.15, 0.2) is 11.5 Å². The van der Waals surface area contributed by atoms with E-state index in [1.165, 1.54) is 11.1 Å². The van der Waals surface area contributed by atoms with Crippen LogP contribution in [0.1, 0.15) is 93.9 Å². The summed E-state index contributed by atoms with van der Waals surface area (Å²) in [7, 11) is 1.58. The maximum Gasteiger partial charge on any atom is 0.251 e. The summed E-state index contributed by atoms with van der Waals surface area (Å²) in [5.41, 5.74) is 5.76. The van der Waals surface area contributed by atoms with Crippen molar-refractivity contribution in [2.45, 2.75) is 73.6 Å². The molecule has 2 unspecified atom stereocenters. The second-order valence-corrected chi connectivity index (χ2v) is 10.4. The number of carbonyl (C=O) groups excluding carboxylic acids is 1. The number of carbonyl (C=O) groups is 1. The lowest BCUT2D eigenvalue weighted by atomic mass is 9.96. The van der Waals surface area contributed by atoms with Crippen LogP contribution in [0.15, 0.2) is 73.1 Å². The number of allylic oxidation sites excluding steroid dienone is 2. The van der Waals surface area contributed by atoms with E-state index in [0.717, 1.165) is 29.1 Å². The fourth-order valence-corrected chi connectivity index (χ4v) is 4.39. The Bertz CT molecular complexity index is 1360. The first-order chi connectivity index (χ1) is 21.3. The Balaban J connectivity index is 0.000000661. The number of methoxy groups -OCH3 is 1. The van der Waals surface area contributed by atoms with Crippen molar-refractivity contribution in [3.8, 4) is 28.5 Å². The van der Waals surface area contributed by atoms with E-state index in [0.29, 0.717) is 42.7 Å². The summed E-state index contributed by atoms with van der Waals surface area (Å²) in [6.07, 6.45) is 8.54. The number of pyridine rings is 1. The number of fused-ring (bicyclic) bond motifs is 1. The van der Waals surface area contributed by atoms with Gasteiger partial charge >= 0.3 is 0 Å². The number of nitrogens with one attached hydrogen (secondary N) is 2. The Labute approximate surface area is 264 Å². The maximum atomic E-state index is 12.9. The first-order valence-electron chi connectivity index (χ1n) is 15.6. The summed E-state index contributed by atoms with van der Waals surface area (Å²) in [5, 5.41) is 5.97. The molecule has 0 bridgehead atoms. The van der Waals surface area contributed by atoms with Crippen LogP contribution in [0.5, 0.6) is 17.2 Å². The molecule has 7 nitrogen and oxygen atoms in total. The Kier molecular flexibility index (Phi) is 15.6. The van der Waals surface area contributed by atoms with E-state index in [2.05, 4.69) is 61.7 Å². The van der Waals surface area contributed by atoms with E-state index >= 15 is 0 Å². The number of benzene rings is 2. The van der Waals surface area contributed by atoms with Gasteiger partial charge in [0.25, 0.3) is 5.91 Å². The van der Waals surface area contributed by atoms with Crippen molar-refractivity contribution in [2.24, 2.45) is 0 Å². The zero-order chi connectivity index (χ0) is 32.5. The smallest absolute Gasteiger partial charge is 0.251 e. The van der Waals surface area contributed by atoms with Crippen LogP contribution in [0.4, 0.5) is 0 Å². The molecule has 0 spiro atoms. The Morgan fingerprint density at radius 1 is 1.07 bits per heavy atom. The van der Waals surface area contributed by atoms with Crippen LogP contribution in [0.25, 0.3) is 11.3 Å². The average Bonchev–Trinajstić information content (AvgIpc) is 3.44. The second kappa shape index (κ2) is 19.1. The molecule has 1 aliphatic rings. The molecular formula is C37H51N3O4. The van der Waals surface area contributed by atoms with E-state index in [1.807, 2.05) is 59.2 Å². The number of hydrogen-bond donors (Lipinski definition) is 2. The zero-order valence-electron chi connectivity index (χ0n) is 28.0. The van der Waals surface area contributed by atoms with Gasteiger partial charge in [-0.05, 0) is 63.9 Å². The fraction of sp³-hybridized carbons (Fsp3) is 0.405. The normalized spacial score (nSPS) is 14.0. The summed E-state index contributed by atoms with van der Waals surface area (Å²) < 4.78 is 17.1. The highest BCUT2D eigenvalue weighted by molar-refractivity contribution is 5.94. The Hall–Kier alpha value is -4.26. The third-order valence-corrected chi connectivity index (χ3v) is 6.84. The molecule has 3 aromatic rings. The third-order valence-electron chi connectivity index (χ3n) is 6.84. The molecule has 0 fully saturated rings. The summed E-state index contributed by atoms with van der Waals surface area (Å²) in [6, 6.07) is 15.7. The molecule has 1 aliphatic heterocycles. The topological polar surface area (TPSA) is 81.7 Å². The number of amides is 1. The Morgan fingerprint density at radius 3 is 2.36 bits per heavy atom. The molecule has 2 atom stereocenters. The number of nitrogens with zero attached hydrogens (tertiary/aromatic N) is 1. The number of aromatic nitrogens is 1. The van der Waals surface area contributed by atoms with E-state index in [1.54, 1.807) is 25.3 Å². The predicted octanol–water partition coefficient (Wildman–Crippen LogP) is 8.55. The van der Waals surface area contributed by atoms with Gasteiger partial charge in [0.05, 0.1) is 20.3 Å². The summed E-state index contributed by atoms with van der Waals surface area (Å²) in [4.78, 5) is 17.9. The van der Waals surface area contributed by atoms with Gasteiger partial charge in [0.2, 0.25) is 0 Å². The van der Waals surface area contributed by atoms with Crippen molar-refractivity contribution in [1.82, 2.24) is 15.6 Å². The van der Waals surface area contributed by atoms with Gasteiger partial charge < -0.3 is 24.8 Å². The van der Waals surface area contributed by atoms with Gasteiger partial charge in [0.1, 0.15) is 11.4 Å². The van der Waals surface area contributed by atoms with Crippen molar-refractivity contribution in [3.63, 3.8) is 0 Å². The quantitative estimate of drug-likeness (QED) is 0.229. The van der Waals surface area contributed by atoms with Crippen LogP contribution in [-0.4, -0.2) is 37.8 Å². The first-order valence-corrected chi connectivity index (χ1v) is 15.6. The van der Waals surface area contributed by atoms with E-state index in [9.17, 15) is 4.79 Å². The van der Waals surface area contributed by atoms with Crippen molar-refractivity contribution >= 4 is 5.91 Å². The number of rotatable bonds is 11. The summed E-state index contributed by atoms with van der Waals surface area (Å²) >= 11 is 0. The monoisotopic (exact) mass is 601 g/mol. The minimum Gasteiger partial charge on any atom is -0.493 e. The highest BCUT2D eigenvalue weighted by Gasteiger charge is 2.27. The number of hydrogen-bond acceptors (Lipinski definition) is 6. The van der Waals surface area contributed by atoms with Crippen LogP contribution >= 0.6 is 0 Å². The molecule has 4 rings (SSSR count). The van der Waals surface area contributed by atoms with E-state index < -0.39 is 0 Å². The molecular weight excluding hydrogens is 550 g/mol. The standard InChI is InChI=1S/C29H34N2O4.C6H11N.C2H6/c1-6-13-34-25-12-11-22(14-26(25)33-5)29(32)30-16-19(3)24-15-23-20(4)17-35-28(23)27(31-24)21-9-7-18(2)8-10-21;1-3-5-7-6-4-2;1-2/h7-12,14-15,19-20H,6,13,16-17H2,1-5H3,(H,30,32);3-7H,1-2H3;1-2H3/b;5-3-,6-4?;. The summed E-state index contributed by atoms with van der Waals surface area (Å²) in [5.74, 6) is 2.24. The molecule has 0 aliphatic carbocycles. The molecule has 2 heterocycles. The van der Waals surface area contributed by atoms with Crippen molar-refractivity contribution < 1.29 is 19.0 Å². The Morgan fingerprint density at radius 2 is 1.75 bits per heavy atom. The van der Waals surface area contributed by atoms with Gasteiger partial charge in [0, 0.05) is 40.8 Å². The molecule has 1 amide bonds. The van der Waals surface area contributed by atoms with E-state index in [4.69, 9.17) is 19.2 Å². The lowest BCUT2D eigenvalue weighted by molar-refractivity contribution is 0.0951. The highest BCUT2D eigenvalue weighted by atomic mass is 16.5. The minimum atomic E-state index is -0.159. The molecule has 0 saturated heterocycles.